The van der Waals surface area contributed by atoms with E-state index in [2.05, 4.69) is 40.0 Å². The molecule has 1 fully saturated rings. The van der Waals surface area contributed by atoms with Crippen molar-refractivity contribution in [2.45, 2.75) is 71.1 Å². The van der Waals surface area contributed by atoms with Crippen molar-refractivity contribution in [1.29, 1.82) is 0 Å². The molecule has 2 aromatic rings. The molecule has 0 bridgehead atoms. The predicted molar refractivity (Wildman–Crippen MR) is 118 cm³/mol. The Morgan fingerprint density at radius 2 is 2.00 bits per heavy atom. The van der Waals surface area contributed by atoms with Gasteiger partial charge < -0.3 is 15.4 Å². The van der Waals surface area contributed by atoms with Crippen LogP contribution in [-0.4, -0.2) is 33.9 Å². The number of amides is 2. The lowest BCUT2D eigenvalue weighted by molar-refractivity contribution is 0.0516. The second-order valence-corrected chi connectivity index (χ2v) is 9.67. The Bertz CT molecular complexity index is 956. The van der Waals surface area contributed by atoms with E-state index in [1.165, 1.54) is 18.4 Å². The largest absolute Gasteiger partial charge is 0.444 e. The van der Waals surface area contributed by atoms with Gasteiger partial charge in [-0.3, -0.25) is 9.48 Å². The molecule has 1 aliphatic carbocycles. The third-order valence-electron chi connectivity index (χ3n) is 5.81. The second-order valence-electron chi connectivity index (χ2n) is 9.67. The highest BCUT2D eigenvalue weighted by atomic mass is 16.6. The van der Waals surface area contributed by atoms with Crippen molar-refractivity contribution in [3.8, 4) is 0 Å². The maximum absolute atomic E-state index is 12.9. The summed E-state index contributed by atoms with van der Waals surface area (Å²) in [6.45, 7) is 7.31. The number of carbonyl (C=O) groups is 2. The third-order valence-corrected chi connectivity index (χ3v) is 5.81. The Labute approximate surface area is 183 Å². The van der Waals surface area contributed by atoms with Crippen molar-refractivity contribution < 1.29 is 14.3 Å². The van der Waals surface area contributed by atoms with Crippen molar-refractivity contribution in [2.75, 3.05) is 6.54 Å². The Balaban J connectivity index is 1.33. The normalized spacial score (nSPS) is 18.2. The van der Waals surface area contributed by atoms with Crippen LogP contribution in [0.1, 0.15) is 73.1 Å². The molecule has 0 spiro atoms. The number of benzene rings is 1. The van der Waals surface area contributed by atoms with E-state index >= 15 is 0 Å². The molecule has 7 heteroatoms. The van der Waals surface area contributed by atoms with E-state index in [4.69, 9.17) is 4.74 Å². The smallest absolute Gasteiger partial charge is 0.407 e. The highest BCUT2D eigenvalue weighted by Gasteiger charge is 2.27. The van der Waals surface area contributed by atoms with Crippen LogP contribution in [0, 0.1) is 5.92 Å². The van der Waals surface area contributed by atoms with Gasteiger partial charge in [0.05, 0.1) is 17.5 Å². The molecule has 0 radical (unpaired) electrons. The van der Waals surface area contributed by atoms with Crippen LogP contribution in [0.2, 0.25) is 0 Å². The number of aromatic nitrogens is 2. The zero-order valence-corrected chi connectivity index (χ0v) is 18.6. The van der Waals surface area contributed by atoms with Gasteiger partial charge in [-0.15, -0.1) is 0 Å². The summed E-state index contributed by atoms with van der Waals surface area (Å²) in [5.74, 6) is 0.849. The molecule has 1 aromatic heterocycles. The minimum atomic E-state index is -0.515. The van der Waals surface area contributed by atoms with Gasteiger partial charge in [0.25, 0.3) is 5.91 Å². The number of fused-ring (bicyclic) bond motifs is 1. The van der Waals surface area contributed by atoms with Gasteiger partial charge in [0.2, 0.25) is 0 Å². The maximum Gasteiger partial charge on any atom is 0.407 e. The minimum absolute atomic E-state index is 0.0983. The van der Waals surface area contributed by atoms with Gasteiger partial charge in [0, 0.05) is 19.6 Å². The number of carbonyl (C=O) groups excluding carboxylic acids is 2. The van der Waals surface area contributed by atoms with Crippen LogP contribution in [0.3, 0.4) is 0 Å². The number of nitrogens with one attached hydrogen (secondary N) is 2. The molecule has 2 heterocycles. The van der Waals surface area contributed by atoms with Crippen LogP contribution < -0.4 is 10.6 Å². The molecule has 31 heavy (non-hydrogen) atoms. The molecule has 2 aliphatic rings. The molecule has 2 amide bonds. The van der Waals surface area contributed by atoms with Gasteiger partial charge >= 0.3 is 6.09 Å². The van der Waals surface area contributed by atoms with Crippen LogP contribution in [0.4, 0.5) is 4.79 Å². The number of hydrogen-bond donors (Lipinski definition) is 2. The molecular formula is C24H32N4O3. The lowest BCUT2D eigenvalue weighted by atomic mass is 9.94. The first-order chi connectivity index (χ1) is 14.8. The molecule has 1 unspecified atom stereocenters. The van der Waals surface area contributed by atoms with Gasteiger partial charge in [-0.2, -0.15) is 5.10 Å². The summed E-state index contributed by atoms with van der Waals surface area (Å²) in [6, 6.07) is 8.49. The monoisotopic (exact) mass is 424 g/mol. The average Bonchev–Trinajstić information content (AvgIpc) is 3.49. The second kappa shape index (κ2) is 8.73. The van der Waals surface area contributed by atoms with Crippen molar-refractivity contribution in [1.82, 2.24) is 20.4 Å². The summed E-state index contributed by atoms with van der Waals surface area (Å²) >= 11 is 0. The summed E-state index contributed by atoms with van der Waals surface area (Å²) in [5.41, 5.74) is 3.54. The van der Waals surface area contributed by atoms with Gasteiger partial charge in [-0.25, -0.2) is 4.79 Å². The Morgan fingerprint density at radius 3 is 2.74 bits per heavy atom. The summed E-state index contributed by atoms with van der Waals surface area (Å²) in [4.78, 5) is 24.8. The standard InChI is InChI=1S/C24H32N4O3/c1-24(2,3)31-23(30)26-14-17-9-10-28-21(12-17)20(15-27-28)22(29)25-13-16-5-4-6-19(11-16)18-7-8-18/h4-6,11,15,17-18H,7-10,12-14H2,1-3H3,(H,25,29)(H,26,30). The Hall–Kier alpha value is -2.83. The number of alkyl carbamates (subject to hydrolysis) is 1. The zero-order chi connectivity index (χ0) is 22.0. The quantitative estimate of drug-likeness (QED) is 0.739. The fourth-order valence-corrected chi connectivity index (χ4v) is 4.06. The minimum Gasteiger partial charge on any atom is -0.444 e. The fraction of sp³-hybridized carbons (Fsp3) is 0.542. The summed E-state index contributed by atoms with van der Waals surface area (Å²) < 4.78 is 7.22. The lowest BCUT2D eigenvalue weighted by Gasteiger charge is -2.25. The lowest BCUT2D eigenvalue weighted by Crippen LogP contribution is -2.37. The first-order valence-electron chi connectivity index (χ1n) is 11.2. The highest BCUT2D eigenvalue weighted by molar-refractivity contribution is 5.95. The number of aryl methyl sites for hydroxylation is 1. The van der Waals surface area contributed by atoms with Crippen molar-refractivity contribution in [3.63, 3.8) is 0 Å². The topological polar surface area (TPSA) is 85.2 Å². The van der Waals surface area contributed by atoms with Crippen molar-refractivity contribution in [3.05, 3.63) is 52.8 Å². The number of hydrogen-bond acceptors (Lipinski definition) is 4. The van der Waals surface area contributed by atoms with E-state index in [1.54, 1.807) is 6.20 Å². The molecule has 1 atom stereocenters. The fourth-order valence-electron chi connectivity index (χ4n) is 4.06. The first kappa shape index (κ1) is 21.4. The van der Waals surface area contributed by atoms with Gasteiger partial charge in [0.1, 0.15) is 5.60 Å². The average molecular weight is 425 g/mol. The molecular weight excluding hydrogens is 392 g/mol. The van der Waals surface area contributed by atoms with Crippen LogP contribution in [0.15, 0.2) is 30.5 Å². The third kappa shape index (κ3) is 5.66. The SMILES string of the molecule is CC(C)(C)OC(=O)NCC1CCn2ncc(C(=O)NCc3cccc(C4CC4)c3)c2C1. The Kier molecular flexibility index (Phi) is 6.03. The molecule has 7 nitrogen and oxygen atoms in total. The molecule has 1 saturated carbocycles. The van der Waals surface area contributed by atoms with E-state index in [-0.39, 0.29) is 11.8 Å². The summed E-state index contributed by atoms with van der Waals surface area (Å²) in [6.07, 6.45) is 5.40. The predicted octanol–water partition coefficient (Wildman–Crippen LogP) is 3.78. The van der Waals surface area contributed by atoms with Crippen LogP contribution in [-0.2, 0) is 24.2 Å². The van der Waals surface area contributed by atoms with E-state index in [9.17, 15) is 9.59 Å². The van der Waals surface area contributed by atoms with Crippen LogP contribution >= 0.6 is 0 Å². The number of rotatable bonds is 6. The zero-order valence-electron chi connectivity index (χ0n) is 18.6. The van der Waals surface area contributed by atoms with Crippen LogP contribution in [0.25, 0.3) is 0 Å². The van der Waals surface area contributed by atoms with E-state index in [0.29, 0.717) is 31.0 Å². The van der Waals surface area contributed by atoms with Crippen molar-refractivity contribution >= 4 is 12.0 Å². The molecule has 0 saturated heterocycles. The van der Waals surface area contributed by atoms with E-state index in [0.717, 1.165) is 24.2 Å². The van der Waals surface area contributed by atoms with Crippen LogP contribution in [0.5, 0.6) is 0 Å². The highest BCUT2D eigenvalue weighted by Crippen LogP contribution is 2.40. The van der Waals surface area contributed by atoms with E-state index in [1.807, 2.05) is 25.5 Å². The summed E-state index contributed by atoms with van der Waals surface area (Å²) in [7, 11) is 0. The van der Waals surface area contributed by atoms with Crippen molar-refractivity contribution in [2.24, 2.45) is 5.92 Å². The molecule has 1 aliphatic heterocycles. The maximum atomic E-state index is 12.9. The molecule has 1 aromatic carbocycles. The van der Waals surface area contributed by atoms with E-state index < -0.39 is 11.7 Å². The molecule has 2 N–H and O–H groups in total. The first-order valence-corrected chi connectivity index (χ1v) is 11.2. The Morgan fingerprint density at radius 1 is 1.19 bits per heavy atom. The summed E-state index contributed by atoms with van der Waals surface area (Å²) in [5, 5.41) is 10.3. The van der Waals surface area contributed by atoms with Gasteiger partial charge in [0.15, 0.2) is 0 Å². The van der Waals surface area contributed by atoms with Gasteiger partial charge in [-0.1, -0.05) is 24.3 Å². The van der Waals surface area contributed by atoms with Gasteiger partial charge in [-0.05, 0) is 69.4 Å². The number of ether oxygens (including phenoxy) is 1. The number of nitrogens with zero attached hydrogens (tertiary/aromatic N) is 2. The molecule has 166 valence electrons. The molecule has 4 rings (SSSR count).